The van der Waals surface area contributed by atoms with Crippen LogP contribution in [-0.2, 0) is 34.4 Å². The van der Waals surface area contributed by atoms with E-state index in [1.54, 1.807) is 42.5 Å². The molecule has 0 spiro atoms. The van der Waals surface area contributed by atoms with Gasteiger partial charge in [0.1, 0.15) is 0 Å². The summed E-state index contributed by atoms with van der Waals surface area (Å²) in [5, 5.41) is 0. The zero-order valence-electron chi connectivity index (χ0n) is 20.0. The number of carbonyl (C=O) groups excluding carboxylic acids is 1. The van der Waals surface area contributed by atoms with Crippen molar-refractivity contribution < 1.29 is 31.2 Å². The third kappa shape index (κ3) is 7.29. The Balaban J connectivity index is 1.41. The van der Waals surface area contributed by atoms with E-state index in [2.05, 4.69) is 10.2 Å². The highest BCUT2D eigenvalue weighted by Gasteiger charge is 2.17. The lowest BCUT2D eigenvalue weighted by atomic mass is 10.1. The van der Waals surface area contributed by atoms with Gasteiger partial charge < -0.3 is 4.74 Å². The summed E-state index contributed by atoms with van der Waals surface area (Å²) in [6.45, 7) is 0.594. The molecule has 1 aliphatic rings. The van der Waals surface area contributed by atoms with Crippen LogP contribution in [0.15, 0.2) is 78.0 Å². The van der Waals surface area contributed by atoms with E-state index in [1.807, 2.05) is 0 Å². The van der Waals surface area contributed by atoms with Crippen molar-refractivity contribution in [3.05, 3.63) is 78.6 Å². The summed E-state index contributed by atoms with van der Waals surface area (Å²) in [5.74, 6) is -0.490. The molecule has 0 saturated carbocycles. The number of rotatable bonds is 9. The fourth-order valence-electron chi connectivity index (χ4n) is 3.69. The molecular formula is C25H27N3O7S2. The van der Waals surface area contributed by atoms with Crippen molar-refractivity contribution in [3.63, 3.8) is 0 Å². The van der Waals surface area contributed by atoms with Crippen molar-refractivity contribution in [2.75, 3.05) is 17.6 Å². The van der Waals surface area contributed by atoms with Crippen molar-refractivity contribution in [2.24, 2.45) is 0 Å². The predicted molar refractivity (Wildman–Crippen MR) is 139 cm³/mol. The number of ether oxygens (including phenoxy) is 1. The minimum Gasteiger partial charge on any atom is -0.350 e. The van der Waals surface area contributed by atoms with Crippen molar-refractivity contribution in [3.8, 4) is 11.1 Å². The largest absolute Gasteiger partial charge is 0.350 e. The van der Waals surface area contributed by atoms with Gasteiger partial charge in [-0.2, -0.15) is 0 Å². The molecule has 1 aromatic heterocycles. The smallest absolute Gasteiger partial charge is 0.267 e. The maximum Gasteiger partial charge on any atom is 0.267 e. The molecule has 10 nitrogen and oxygen atoms in total. The van der Waals surface area contributed by atoms with Crippen LogP contribution in [0.5, 0.6) is 0 Å². The van der Waals surface area contributed by atoms with Crippen LogP contribution < -0.4 is 10.2 Å². The van der Waals surface area contributed by atoms with Gasteiger partial charge in [0.25, 0.3) is 15.9 Å². The number of anilines is 1. The highest BCUT2D eigenvalue weighted by molar-refractivity contribution is 7.92. The molecule has 0 aliphatic carbocycles. The minimum atomic E-state index is -3.86. The second-order valence-electron chi connectivity index (χ2n) is 8.47. The fourth-order valence-corrected chi connectivity index (χ4v) is 5.45. The maximum absolute atomic E-state index is 13.1. The number of nitrogens with one attached hydrogen (secondary N) is 2. The Morgan fingerprint density at radius 2 is 1.84 bits per heavy atom. The summed E-state index contributed by atoms with van der Waals surface area (Å²) in [5.41, 5.74) is 4.68. The molecule has 2 aromatic carbocycles. The minimum absolute atomic E-state index is 0.0754. The molecule has 12 heteroatoms. The molecule has 4 rings (SSSR count). The lowest BCUT2D eigenvalue weighted by Crippen LogP contribution is -2.32. The second kappa shape index (κ2) is 11.3. The monoisotopic (exact) mass is 545 g/mol. The number of carbonyl (C=O) groups is 1. The van der Waals surface area contributed by atoms with Crippen LogP contribution in [0.25, 0.3) is 17.2 Å². The van der Waals surface area contributed by atoms with Crippen LogP contribution in [0, 0.1) is 0 Å². The first kappa shape index (κ1) is 26.6. The fraction of sp³-hybridized carbons (Fsp3) is 0.240. The Morgan fingerprint density at radius 3 is 2.54 bits per heavy atom. The summed E-state index contributed by atoms with van der Waals surface area (Å²) >= 11 is 0. The number of nitrogens with zero attached hydrogens (tertiary/aromatic N) is 1. The molecule has 3 aromatic rings. The van der Waals surface area contributed by atoms with Gasteiger partial charge in [-0.1, -0.05) is 24.3 Å². The van der Waals surface area contributed by atoms with Gasteiger partial charge in [-0.25, -0.2) is 31.1 Å². The zero-order valence-corrected chi connectivity index (χ0v) is 21.7. The molecule has 0 radical (unpaired) electrons. The topological polar surface area (TPSA) is 133 Å². The third-order valence-corrected chi connectivity index (χ3v) is 7.73. The van der Waals surface area contributed by atoms with Crippen LogP contribution in [0.3, 0.4) is 0 Å². The summed E-state index contributed by atoms with van der Waals surface area (Å²) in [6, 6.07) is 14.6. The number of hydroxylamine groups is 1. The summed E-state index contributed by atoms with van der Waals surface area (Å²) < 4.78 is 58.0. The SMILES string of the molecule is CS(=O)(=O)Nc1cccc(-c2ccc(S(=O)(=O)n3ccc(C=CC(=O)NOC4CCCCO4)c3)cc2)c1. The van der Waals surface area contributed by atoms with Crippen LogP contribution >= 0.6 is 0 Å². The first-order valence-electron chi connectivity index (χ1n) is 11.5. The van der Waals surface area contributed by atoms with Crippen LogP contribution in [0.4, 0.5) is 5.69 Å². The van der Waals surface area contributed by atoms with E-state index in [1.165, 1.54) is 36.7 Å². The van der Waals surface area contributed by atoms with E-state index in [0.717, 1.165) is 34.2 Å². The number of hydrogen-bond acceptors (Lipinski definition) is 7. The lowest BCUT2D eigenvalue weighted by molar-refractivity contribution is -0.198. The van der Waals surface area contributed by atoms with Gasteiger partial charge in [0.15, 0.2) is 6.29 Å². The molecule has 1 fully saturated rings. The van der Waals surface area contributed by atoms with Gasteiger partial charge in [-0.3, -0.25) is 9.52 Å². The van der Waals surface area contributed by atoms with Crippen molar-refractivity contribution in [2.45, 2.75) is 30.4 Å². The van der Waals surface area contributed by atoms with E-state index in [-0.39, 0.29) is 4.90 Å². The molecule has 1 amide bonds. The molecule has 0 bridgehead atoms. The molecule has 196 valence electrons. The molecule has 1 unspecified atom stereocenters. The lowest BCUT2D eigenvalue weighted by Gasteiger charge is -2.21. The Bertz CT molecular complexity index is 1490. The highest BCUT2D eigenvalue weighted by atomic mass is 32.2. The molecule has 1 saturated heterocycles. The van der Waals surface area contributed by atoms with Crippen molar-refractivity contribution in [1.29, 1.82) is 0 Å². The molecular weight excluding hydrogens is 518 g/mol. The Labute approximate surface area is 216 Å². The molecule has 2 heterocycles. The summed E-state index contributed by atoms with van der Waals surface area (Å²) in [6.07, 6.45) is 8.78. The van der Waals surface area contributed by atoms with Gasteiger partial charge in [-0.15, -0.1) is 0 Å². The van der Waals surface area contributed by atoms with Gasteiger partial charge in [-0.05, 0) is 65.9 Å². The molecule has 1 aliphatic heterocycles. The van der Waals surface area contributed by atoms with Gasteiger partial charge in [0.2, 0.25) is 10.0 Å². The quantitative estimate of drug-likeness (QED) is 0.311. The Morgan fingerprint density at radius 1 is 1.05 bits per heavy atom. The van der Waals surface area contributed by atoms with Crippen LogP contribution in [0.1, 0.15) is 24.8 Å². The van der Waals surface area contributed by atoms with E-state index in [0.29, 0.717) is 24.3 Å². The first-order chi connectivity index (χ1) is 17.6. The predicted octanol–water partition coefficient (Wildman–Crippen LogP) is 3.35. The van der Waals surface area contributed by atoms with E-state index < -0.39 is 32.2 Å². The van der Waals surface area contributed by atoms with E-state index in [4.69, 9.17) is 9.57 Å². The maximum atomic E-state index is 13.1. The second-order valence-corrected chi connectivity index (χ2v) is 12.1. The average molecular weight is 546 g/mol. The molecule has 37 heavy (non-hydrogen) atoms. The summed E-state index contributed by atoms with van der Waals surface area (Å²) in [7, 11) is -7.28. The number of sulfonamides is 1. The normalized spacial score (nSPS) is 16.5. The van der Waals surface area contributed by atoms with E-state index in [9.17, 15) is 21.6 Å². The standard InChI is InChI=1S/C25H27N3O7S2/c1-36(30,31)27-22-6-4-5-21(17-22)20-9-11-23(12-10-20)37(32,33)28-15-14-19(18-28)8-13-24(29)26-35-25-7-2-3-16-34-25/h4-6,8-15,17-18,25,27H,2-3,7,16H2,1H3,(H,26,29). The average Bonchev–Trinajstić information content (AvgIpc) is 3.36. The van der Waals surface area contributed by atoms with Gasteiger partial charge in [0, 0.05) is 37.2 Å². The Kier molecular flexibility index (Phi) is 8.13. The van der Waals surface area contributed by atoms with Crippen LogP contribution in [0.2, 0.25) is 0 Å². The highest BCUT2D eigenvalue weighted by Crippen LogP contribution is 2.25. The third-order valence-electron chi connectivity index (χ3n) is 5.48. The summed E-state index contributed by atoms with van der Waals surface area (Å²) in [4.78, 5) is 17.3. The first-order valence-corrected chi connectivity index (χ1v) is 14.8. The van der Waals surface area contributed by atoms with Crippen molar-refractivity contribution in [1.82, 2.24) is 9.45 Å². The van der Waals surface area contributed by atoms with Gasteiger partial charge in [0.05, 0.1) is 11.2 Å². The number of aromatic nitrogens is 1. The van der Waals surface area contributed by atoms with Gasteiger partial charge >= 0.3 is 0 Å². The molecule has 2 N–H and O–H groups in total. The van der Waals surface area contributed by atoms with Crippen molar-refractivity contribution >= 4 is 37.7 Å². The molecule has 1 atom stereocenters. The number of amides is 1. The number of benzene rings is 2. The number of hydrogen-bond donors (Lipinski definition) is 2. The van der Waals surface area contributed by atoms with E-state index >= 15 is 0 Å². The van der Waals surface area contributed by atoms with Crippen LogP contribution in [-0.4, -0.2) is 45.9 Å². The Hall–Kier alpha value is -3.45. The zero-order chi connectivity index (χ0) is 26.5.